The van der Waals surface area contributed by atoms with E-state index < -0.39 is 17.3 Å². The van der Waals surface area contributed by atoms with Gasteiger partial charge < -0.3 is 10.4 Å². The third kappa shape index (κ3) is 3.21. The van der Waals surface area contributed by atoms with Crippen molar-refractivity contribution in [2.24, 2.45) is 0 Å². The van der Waals surface area contributed by atoms with Crippen molar-refractivity contribution >= 4 is 56.0 Å². The molecule has 0 aliphatic heterocycles. The van der Waals surface area contributed by atoms with Crippen molar-refractivity contribution in [3.8, 4) is 0 Å². The summed E-state index contributed by atoms with van der Waals surface area (Å²) in [5.74, 6) is -2.33. The summed E-state index contributed by atoms with van der Waals surface area (Å²) in [5.41, 5.74) is 0.228. The number of hydrogen-bond donors (Lipinski definition) is 2. The number of carbonyl (C=O) groups is 1. The number of aromatic nitrogens is 1. The van der Waals surface area contributed by atoms with E-state index in [1.807, 2.05) is 12.1 Å². The standard InChI is InChI=1S/C12H7BrFIN2O2/c13-6-1-2-8(15)9(5-6)17-11-10(14)7(12(18)19)3-4-16-11/h1-5H,(H,16,17)(H,18,19). The van der Waals surface area contributed by atoms with Crippen molar-refractivity contribution in [3.63, 3.8) is 0 Å². The first-order chi connectivity index (χ1) is 8.99. The minimum atomic E-state index is -1.33. The first kappa shape index (κ1) is 14.2. The SMILES string of the molecule is O=C(O)c1ccnc(Nc2cc(Br)ccc2I)c1F. The van der Waals surface area contributed by atoms with Crippen LogP contribution in [-0.2, 0) is 0 Å². The smallest absolute Gasteiger partial charge is 0.338 e. The predicted octanol–water partition coefficient (Wildman–Crippen LogP) is 4.03. The van der Waals surface area contributed by atoms with Crippen molar-refractivity contribution in [1.82, 2.24) is 4.98 Å². The molecule has 0 amide bonds. The molecule has 4 nitrogen and oxygen atoms in total. The Hall–Kier alpha value is -1.22. The Morgan fingerprint density at radius 2 is 2.16 bits per heavy atom. The van der Waals surface area contributed by atoms with Gasteiger partial charge in [0.2, 0.25) is 0 Å². The molecule has 2 rings (SSSR count). The molecule has 0 aliphatic rings. The van der Waals surface area contributed by atoms with Gasteiger partial charge in [0.15, 0.2) is 11.6 Å². The van der Waals surface area contributed by atoms with Crippen molar-refractivity contribution in [2.75, 3.05) is 5.32 Å². The highest BCUT2D eigenvalue weighted by molar-refractivity contribution is 14.1. The van der Waals surface area contributed by atoms with Gasteiger partial charge in [0, 0.05) is 14.2 Å². The summed E-state index contributed by atoms with van der Waals surface area (Å²) in [6.07, 6.45) is 1.25. The molecule has 0 atom stereocenters. The van der Waals surface area contributed by atoms with Gasteiger partial charge >= 0.3 is 5.97 Å². The highest BCUT2D eigenvalue weighted by Crippen LogP contribution is 2.27. The number of carboxylic acids is 1. The third-order valence-corrected chi connectivity index (χ3v) is 3.74. The Bertz CT molecular complexity index is 652. The number of pyridine rings is 1. The quantitative estimate of drug-likeness (QED) is 0.713. The van der Waals surface area contributed by atoms with Gasteiger partial charge in [-0.05, 0) is 46.9 Å². The van der Waals surface area contributed by atoms with Gasteiger partial charge in [-0.15, -0.1) is 0 Å². The van der Waals surface area contributed by atoms with Crippen LogP contribution in [-0.4, -0.2) is 16.1 Å². The van der Waals surface area contributed by atoms with Gasteiger partial charge in [-0.1, -0.05) is 15.9 Å². The number of benzene rings is 1. The monoisotopic (exact) mass is 436 g/mol. The molecule has 7 heteroatoms. The van der Waals surface area contributed by atoms with E-state index in [0.29, 0.717) is 5.69 Å². The van der Waals surface area contributed by atoms with Crippen LogP contribution in [0, 0.1) is 9.39 Å². The molecule has 1 aromatic heterocycles. The second-order valence-electron chi connectivity index (χ2n) is 3.58. The average Bonchev–Trinajstić information content (AvgIpc) is 2.36. The summed E-state index contributed by atoms with van der Waals surface area (Å²) in [5, 5.41) is 11.6. The normalized spacial score (nSPS) is 10.3. The fourth-order valence-electron chi connectivity index (χ4n) is 1.42. The summed E-state index contributed by atoms with van der Waals surface area (Å²) in [4.78, 5) is 14.7. The number of rotatable bonds is 3. The zero-order valence-corrected chi connectivity index (χ0v) is 13.1. The molecule has 0 saturated carbocycles. The zero-order chi connectivity index (χ0) is 14.0. The van der Waals surface area contributed by atoms with E-state index in [0.717, 1.165) is 14.1 Å². The number of hydrogen-bond acceptors (Lipinski definition) is 3. The molecule has 0 fully saturated rings. The van der Waals surface area contributed by atoms with E-state index in [4.69, 9.17) is 5.11 Å². The molecular weight excluding hydrogens is 430 g/mol. The van der Waals surface area contributed by atoms with Crippen LogP contribution in [0.2, 0.25) is 0 Å². The fraction of sp³-hybridized carbons (Fsp3) is 0. The molecule has 0 radical (unpaired) electrons. The lowest BCUT2D eigenvalue weighted by molar-refractivity contribution is 0.0692. The third-order valence-electron chi connectivity index (χ3n) is 2.30. The van der Waals surface area contributed by atoms with Crippen LogP contribution in [0.1, 0.15) is 10.4 Å². The van der Waals surface area contributed by atoms with Gasteiger partial charge in [0.1, 0.15) is 5.56 Å². The van der Waals surface area contributed by atoms with Crippen molar-refractivity contribution in [3.05, 3.63) is 49.9 Å². The van der Waals surface area contributed by atoms with E-state index in [9.17, 15) is 9.18 Å². The van der Waals surface area contributed by atoms with E-state index in [1.54, 1.807) is 6.07 Å². The number of carboxylic acid groups (broad SMARTS) is 1. The summed E-state index contributed by atoms with van der Waals surface area (Å²) in [6.45, 7) is 0. The topological polar surface area (TPSA) is 62.2 Å². The Morgan fingerprint density at radius 1 is 1.42 bits per heavy atom. The van der Waals surface area contributed by atoms with Crippen LogP contribution < -0.4 is 5.32 Å². The number of halogens is 3. The number of aromatic carboxylic acids is 1. The van der Waals surface area contributed by atoms with Gasteiger partial charge in [0.25, 0.3) is 0 Å². The van der Waals surface area contributed by atoms with E-state index in [2.05, 4.69) is 48.8 Å². The molecule has 0 bridgehead atoms. The van der Waals surface area contributed by atoms with E-state index >= 15 is 0 Å². The molecule has 0 spiro atoms. The summed E-state index contributed by atoms with van der Waals surface area (Å²) < 4.78 is 15.6. The largest absolute Gasteiger partial charge is 0.478 e. The van der Waals surface area contributed by atoms with Crippen molar-refractivity contribution < 1.29 is 14.3 Å². The molecule has 0 aliphatic carbocycles. The fourth-order valence-corrected chi connectivity index (χ4v) is 2.25. The zero-order valence-electron chi connectivity index (χ0n) is 9.32. The van der Waals surface area contributed by atoms with Crippen molar-refractivity contribution in [1.29, 1.82) is 0 Å². The molecular formula is C12H7BrFIN2O2. The van der Waals surface area contributed by atoms with Crippen LogP contribution in [0.3, 0.4) is 0 Å². The highest BCUT2D eigenvalue weighted by atomic mass is 127. The molecule has 1 heterocycles. The molecule has 98 valence electrons. The van der Waals surface area contributed by atoms with Crippen LogP contribution in [0.15, 0.2) is 34.9 Å². The maximum absolute atomic E-state index is 13.9. The molecule has 2 N–H and O–H groups in total. The highest BCUT2D eigenvalue weighted by Gasteiger charge is 2.15. The lowest BCUT2D eigenvalue weighted by Crippen LogP contribution is -2.06. The number of nitrogens with zero attached hydrogens (tertiary/aromatic N) is 1. The van der Waals surface area contributed by atoms with Crippen LogP contribution in [0.4, 0.5) is 15.9 Å². The second kappa shape index (κ2) is 5.83. The van der Waals surface area contributed by atoms with Gasteiger partial charge in [0.05, 0.1) is 5.69 Å². The Balaban J connectivity index is 2.41. The average molecular weight is 437 g/mol. The van der Waals surface area contributed by atoms with Gasteiger partial charge in [-0.2, -0.15) is 0 Å². The maximum Gasteiger partial charge on any atom is 0.338 e. The first-order valence-electron chi connectivity index (χ1n) is 5.09. The number of nitrogens with one attached hydrogen (secondary N) is 1. The summed E-state index contributed by atoms with van der Waals surface area (Å²) >= 11 is 5.40. The van der Waals surface area contributed by atoms with Crippen molar-refractivity contribution in [2.45, 2.75) is 0 Å². The molecule has 0 saturated heterocycles. The number of anilines is 2. The Kier molecular flexibility index (Phi) is 4.35. The second-order valence-corrected chi connectivity index (χ2v) is 5.65. The maximum atomic E-state index is 13.9. The Labute approximate surface area is 130 Å². The molecule has 2 aromatic rings. The van der Waals surface area contributed by atoms with E-state index in [1.165, 1.54) is 6.20 Å². The van der Waals surface area contributed by atoms with Crippen LogP contribution in [0.25, 0.3) is 0 Å². The summed E-state index contributed by atoms with van der Waals surface area (Å²) in [6, 6.07) is 6.57. The molecule has 19 heavy (non-hydrogen) atoms. The minimum Gasteiger partial charge on any atom is -0.478 e. The van der Waals surface area contributed by atoms with Crippen LogP contribution >= 0.6 is 38.5 Å². The molecule has 1 aromatic carbocycles. The van der Waals surface area contributed by atoms with E-state index in [-0.39, 0.29) is 5.82 Å². The molecule has 0 unspecified atom stereocenters. The van der Waals surface area contributed by atoms with Gasteiger partial charge in [-0.25, -0.2) is 14.2 Å². The van der Waals surface area contributed by atoms with Crippen LogP contribution in [0.5, 0.6) is 0 Å². The van der Waals surface area contributed by atoms with Gasteiger partial charge in [-0.3, -0.25) is 0 Å². The predicted molar refractivity (Wildman–Crippen MR) is 81.3 cm³/mol. The minimum absolute atomic E-state index is 0.115. The lowest BCUT2D eigenvalue weighted by atomic mass is 10.2. The summed E-state index contributed by atoms with van der Waals surface area (Å²) in [7, 11) is 0. The lowest BCUT2D eigenvalue weighted by Gasteiger charge is -2.10. The first-order valence-corrected chi connectivity index (χ1v) is 6.96. The Morgan fingerprint density at radius 3 is 2.84 bits per heavy atom.